The van der Waals surface area contributed by atoms with Crippen LogP contribution in [0.25, 0.3) is 11.4 Å². The van der Waals surface area contributed by atoms with Crippen LogP contribution in [0.2, 0.25) is 0 Å². The highest BCUT2D eigenvalue weighted by atomic mass is 16.6. The number of ether oxygens (including phenoxy) is 1. The number of nitro benzene ring substituents is 1. The standard InChI is InChI=1S/C18H22N4O5/c1-18(2,3)26-17(23)21-10-4-5-13(11-21)16-19-15(20-27-16)12-6-8-14(9-7-12)22(24)25/h6-9,13H,4-5,10-11H2,1-3H3/t13-/m0/s1. The van der Waals surface area contributed by atoms with Gasteiger partial charge in [-0.15, -0.1) is 0 Å². The van der Waals surface area contributed by atoms with Gasteiger partial charge in [-0.3, -0.25) is 10.1 Å². The van der Waals surface area contributed by atoms with Crippen LogP contribution in [0.3, 0.4) is 0 Å². The van der Waals surface area contributed by atoms with Crippen LogP contribution in [0, 0.1) is 10.1 Å². The molecular weight excluding hydrogens is 352 g/mol. The number of carbonyl (C=O) groups is 1. The molecule has 1 saturated heterocycles. The van der Waals surface area contributed by atoms with Crippen molar-refractivity contribution in [1.29, 1.82) is 0 Å². The average Bonchev–Trinajstić information content (AvgIpc) is 3.10. The Hall–Kier alpha value is -2.97. The number of nitrogens with zero attached hydrogens (tertiary/aromatic N) is 4. The van der Waals surface area contributed by atoms with E-state index in [0.717, 1.165) is 12.8 Å². The molecule has 0 saturated carbocycles. The van der Waals surface area contributed by atoms with Crippen molar-refractivity contribution in [1.82, 2.24) is 15.0 Å². The first-order chi connectivity index (χ1) is 12.7. The van der Waals surface area contributed by atoms with Gasteiger partial charge in [-0.05, 0) is 45.7 Å². The Labute approximate surface area is 156 Å². The maximum atomic E-state index is 12.3. The van der Waals surface area contributed by atoms with Gasteiger partial charge in [0, 0.05) is 30.8 Å². The molecule has 3 rings (SSSR count). The van der Waals surface area contributed by atoms with Gasteiger partial charge in [-0.25, -0.2) is 4.79 Å². The first-order valence-corrected chi connectivity index (χ1v) is 8.79. The van der Waals surface area contributed by atoms with Crippen LogP contribution in [-0.2, 0) is 4.74 Å². The molecule has 1 aromatic carbocycles. The van der Waals surface area contributed by atoms with Crippen LogP contribution < -0.4 is 0 Å². The highest BCUT2D eigenvalue weighted by Gasteiger charge is 2.31. The molecule has 1 atom stereocenters. The monoisotopic (exact) mass is 374 g/mol. The molecule has 1 fully saturated rings. The third-order valence-electron chi connectivity index (χ3n) is 4.20. The number of rotatable bonds is 3. The Bertz CT molecular complexity index is 825. The van der Waals surface area contributed by atoms with Crippen molar-refractivity contribution >= 4 is 11.8 Å². The summed E-state index contributed by atoms with van der Waals surface area (Å²) in [6.07, 6.45) is 1.31. The number of benzene rings is 1. The van der Waals surface area contributed by atoms with E-state index >= 15 is 0 Å². The van der Waals surface area contributed by atoms with Crippen molar-refractivity contribution in [3.8, 4) is 11.4 Å². The molecule has 0 unspecified atom stereocenters. The summed E-state index contributed by atoms with van der Waals surface area (Å²) >= 11 is 0. The minimum atomic E-state index is -0.544. The maximum absolute atomic E-state index is 12.3. The predicted octanol–water partition coefficient (Wildman–Crippen LogP) is 3.76. The number of aromatic nitrogens is 2. The zero-order valence-electron chi connectivity index (χ0n) is 15.5. The van der Waals surface area contributed by atoms with E-state index in [1.165, 1.54) is 12.1 Å². The van der Waals surface area contributed by atoms with E-state index in [2.05, 4.69) is 10.1 Å². The molecule has 1 aliphatic heterocycles. The van der Waals surface area contributed by atoms with E-state index in [-0.39, 0.29) is 17.7 Å². The molecule has 2 heterocycles. The van der Waals surface area contributed by atoms with Crippen molar-refractivity contribution in [2.75, 3.05) is 13.1 Å². The lowest BCUT2D eigenvalue weighted by Gasteiger charge is -2.32. The molecule has 0 spiro atoms. The van der Waals surface area contributed by atoms with Crippen LogP contribution in [0.1, 0.15) is 45.4 Å². The number of non-ortho nitro benzene ring substituents is 1. The smallest absolute Gasteiger partial charge is 0.410 e. The van der Waals surface area contributed by atoms with Crippen molar-refractivity contribution < 1.29 is 19.0 Å². The highest BCUT2D eigenvalue weighted by molar-refractivity contribution is 5.68. The topological polar surface area (TPSA) is 112 Å². The molecule has 1 aromatic heterocycles. The fourth-order valence-corrected chi connectivity index (χ4v) is 2.92. The minimum absolute atomic E-state index is 0.00255. The van der Waals surface area contributed by atoms with Crippen LogP contribution in [-0.4, -0.2) is 44.7 Å². The molecule has 1 aliphatic rings. The van der Waals surface area contributed by atoms with Gasteiger partial charge < -0.3 is 14.2 Å². The normalized spacial score (nSPS) is 17.6. The maximum Gasteiger partial charge on any atom is 0.410 e. The van der Waals surface area contributed by atoms with E-state index in [0.29, 0.717) is 30.4 Å². The predicted molar refractivity (Wildman–Crippen MR) is 96.2 cm³/mol. The summed E-state index contributed by atoms with van der Waals surface area (Å²) in [6, 6.07) is 5.97. The van der Waals surface area contributed by atoms with Crippen molar-refractivity contribution in [2.45, 2.75) is 45.1 Å². The number of likely N-dealkylation sites (tertiary alicyclic amines) is 1. The molecule has 0 aliphatic carbocycles. The number of hydrogen-bond acceptors (Lipinski definition) is 7. The zero-order valence-corrected chi connectivity index (χ0v) is 15.5. The lowest BCUT2D eigenvalue weighted by atomic mass is 9.98. The number of hydrogen-bond donors (Lipinski definition) is 0. The molecule has 9 nitrogen and oxygen atoms in total. The summed E-state index contributed by atoms with van der Waals surface area (Å²) < 4.78 is 10.8. The summed E-state index contributed by atoms with van der Waals surface area (Å²) in [5, 5.41) is 14.7. The number of nitro groups is 1. The number of carbonyl (C=O) groups excluding carboxylic acids is 1. The Morgan fingerprint density at radius 2 is 2.04 bits per heavy atom. The molecule has 2 aromatic rings. The van der Waals surface area contributed by atoms with Gasteiger partial charge in [0.15, 0.2) is 0 Å². The second-order valence-electron chi connectivity index (χ2n) is 7.53. The van der Waals surface area contributed by atoms with Crippen LogP contribution >= 0.6 is 0 Å². The fraction of sp³-hybridized carbons (Fsp3) is 0.500. The first kappa shape index (κ1) is 18.8. The second kappa shape index (κ2) is 7.34. The highest BCUT2D eigenvalue weighted by Crippen LogP contribution is 2.29. The third-order valence-corrected chi connectivity index (χ3v) is 4.20. The fourth-order valence-electron chi connectivity index (χ4n) is 2.92. The molecule has 9 heteroatoms. The van der Waals surface area contributed by atoms with Crippen molar-refractivity contribution in [3.05, 3.63) is 40.3 Å². The molecule has 144 valence electrons. The second-order valence-corrected chi connectivity index (χ2v) is 7.53. The molecule has 0 N–H and O–H groups in total. The molecule has 1 amide bonds. The molecule has 0 bridgehead atoms. The van der Waals surface area contributed by atoms with Crippen LogP contribution in [0.4, 0.5) is 10.5 Å². The van der Waals surface area contributed by atoms with E-state index < -0.39 is 10.5 Å². The molecule has 0 radical (unpaired) electrons. The molecular formula is C18H22N4O5. The largest absolute Gasteiger partial charge is 0.444 e. The van der Waals surface area contributed by atoms with Crippen molar-refractivity contribution in [3.63, 3.8) is 0 Å². The SMILES string of the molecule is CC(C)(C)OC(=O)N1CCC[C@H](c2nc(-c3ccc([N+](=O)[O-])cc3)no2)C1. The Balaban J connectivity index is 1.70. The Morgan fingerprint density at radius 3 is 2.67 bits per heavy atom. The number of piperidine rings is 1. The quantitative estimate of drug-likeness (QED) is 0.594. The lowest BCUT2D eigenvalue weighted by Crippen LogP contribution is -2.42. The van der Waals surface area contributed by atoms with Gasteiger partial charge in [-0.1, -0.05) is 5.16 Å². The van der Waals surface area contributed by atoms with Crippen molar-refractivity contribution in [2.24, 2.45) is 0 Å². The van der Waals surface area contributed by atoms with Gasteiger partial charge in [0.2, 0.25) is 11.7 Å². The number of amides is 1. The average molecular weight is 374 g/mol. The van der Waals surface area contributed by atoms with Crippen LogP contribution in [0.15, 0.2) is 28.8 Å². The summed E-state index contributed by atoms with van der Waals surface area (Å²) in [7, 11) is 0. The van der Waals surface area contributed by atoms with Gasteiger partial charge in [0.25, 0.3) is 5.69 Å². The first-order valence-electron chi connectivity index (χ1n) is 8.79. The van der Waals surface area contributed by atoms with E-state index in [4.69, 9.17) is 9.26 Å². The van der Waals surface area contributed by atoms with Gasteiger partial charge in [-0.2, -0.15) is 4.98 Å². The van der Waals surface area contributed by atoms with E-state index in [1.807, 2.05) is 20.8 Å². The van der Waals surface area contributed by atoms with E-state index in [9.17, 15) is 14.9 Å². The third kappa shape index (κ3) is 4.60. The van der Waals surface area contributed by atoms with E-state index in [1.54, 1.807) is 17.0 Å². The molecule has 27 heavy (non-hydrogen) atoms. The lowest BCUT2D eigenvalue weighted by molar-refractivity contribution is -0.384. The summed E-state index contributed by atoms with van der Waals surface area (Å²) in [5.74, 6) is 0.761. The minimum Gasteiger partial charge on any atom is -0.444 e. The van der Waals surface area contributed by atoms with Gasteiger partial charge in [0.1, 0.15) is 5.60 Å². The van der Waals surface area contributed by atoms with Gasteiger partial charge in [0.05, 0.1) is 10.8 Å². The Morgan fingerprint density at radius 1 is 1.33 bits per heavy atom. The summed E-state index contributed by atoms with van der Waals surface area (Å²) in [4.78, 5) is 28.7. The van der Waals surface area contributed by atoms with Crippen LogP contribution in [0.5, 0.6) is 0 Å². The summed E-state index contributed by atoms with van der Waals surface area (Å²) in [5.41, 5.74) is 0.0931. The summed E-state index contributed by atoms with van der Waals surface area (Å²) in [6.45, 7) is 6.59. The van der Waals surface area contributed by atoms with Gasteiger partial charge >= 0.3 is 6.09 Å². The Kier molecular flexibility index (Phi) is 5.11. The zero-order chi connectivity index (χ0) is 19.6.